The first kappa shape index (κ1) is 15.1. The minimum Gasteiger partial charge on any atom is -0.463 e. The second kappa shape index (κ2) is 7.48. The van der Waals surface area contributed by atoms with Gasteiger partial charge in [-0.1, -0.05) is 32.1 Å². The second-order valence-corrected chi connectivity index (χ2v) is 5.62. The van der Waals surface area contributed by atoms with Crippen molar-refractivity contribution in [3.05, 3.63) is 23.7 Å². The van der Waals surface area contributed by atoms with Crippen molar-refractivity contribution in [2.45, 2.75) is 51.0 Å². The summed E-state index contributed by atoms with van der Waals surface area (Å²) in [4.78, 5) is 11.4. The highest BCUT2D eigenvalue weighted by atomic mass is 16.5. The van der Waals surface area contributed by atoms with E-state index in [4.69, 9.17) is 4.42 Å². The molecule has 20 heavy (non-hydrogen) atoms. The highest BCUT2D eigenvalue weighted by molar-refractivity contribution is 5.86. The summed E-state index contributed by atoms with van der Waals surface area (Å²) in [6.45, 7) is 0. The van der Waals surface area contributed by atoms with E-state index in [2.05, 4.69) is 10.1 Å². The number of furan rings is 1. The Morgan fingerprint density at radius 2 is 2.15 bits per heavy atom. The predicted octanol–water partition coefficient (Wildman–Crippen LogP) is 3.69. The van der Waals surface area contributed by atoms with Crippen LogP contribution in [-0.4, -0.2) is 20.1 Å². The predicted molar refractivity (Wildman–Crippen MR) is 77.7 cm³/mol. The van der Waals surface area contributed by atoms with Crippen LogP contribution in [0.25, 0.3) is 0 Å². The third-order valence-electron chi connectivity index (χ3n) is 4.29. The lowest BCUT2D eigenvalue weighted by Crippen LogP contribution is -2.18. The topological polar surface area (TPSA) is 51.5 Å². The van der Waals surface area contributed by atoms with Gasteiger partial charge in [0.05, 0.1) is 13.2 Å². The molecule has 1 aromatic rings. The first-order valence-corrected chi connectivity index (χ1v) is 7.60. The normalized spacial score (nSPS) is 17.9. The van der Waals surface area contributed by atoms with Gasteiger partial charge in [0.2, 0.25) is 5.76 Å². The minimum absolute atomic E-state index is 0.176. The molecule has 1 heterocycles. The molecule has 0 saturated heterocycles. The van der Waals surface area contributed by atoms with Gasteiger partial charge in [0, 0.05) is 0 Å². The Kier molecular flexibility index (Phi) is 5.65. The lowest BCUT2D eigenvalue weighted by molar-refractivity contribution is 0.0561. The first-order valence-electron chi connectivity index (χ1n) is 7.60. The van der Waals surface area contributed by atoms with Crippen molar-refractivity contribution in [2.75, 3.05) is 14.2 Å². The molecule has 0 spiro atoms. The molecule has 0 aromatic carbocycles. The maximum atomic E-state index is 11.4. The van der Waals surface area contributed by atoms with E-state index in [-0.39, 0.29) is 11.8 Å². The van der Waals surface area contributed by atoms with Crippen LogP contribution < -0.4 is 5.32 Å². The highest BCUT2D eigenvalue weighted by Gasteiger charge is 2.20. The smallest absolute Gasteiger partial charge is 0.373 e. The molecule has 1 aromatic heterocycles. The number of ether oxygens (including phenoxy) is 1. The Labute approximate surface area is 120 Å². The monoisotopic (exact) mass is 279 g/mol. The highest BCUT2D eigenvalue weighted by Crippen LogP contribution is 2.30. The molecule has 0 radical (unpaired) electrons. The van der Waals surface area contributed by atoms with Crippen LogP contribution in [0.1, 0.15) is 67.3 Å². The summed E-state index contributed by atoms with van der Waals surface area (Å²) in [6, 6.07) is 3.73. The average Bonchev–Trinajstić information content (AvgIpc) is 2.98. The molecule has 0 aliphatic heterocycles. The van der Waals surface area contributed by atoms with E-state index in [1.165, 1.54) is 45.6 Å². The van der Waals surface area contributed by atoms with Crippen LogP contribution in [0.3, 0.4) is 0 Å². The molecule has 4 nitrogen and oxygen atoms in total. The first-order chi connectivity index (χ1) is 9.74. The zero-order valence-electron chi connectivity index (χ0n) is 12.5. The third-order valence-corrected chi connectivity index (χ3v) is 4.29. The van der Waals surface area contributed by atoms with Gasteiger partial charge >= 0.3 is 5.97 Å². The van der Waals surface area contributed by atoms with E-state index in [1.54, 1.807) is 6.07 Å². The molecule has 4 heteroatoms. The fraction of sp³-hybridized carbons (Fsp3) is 0.688. The van der Waals surface area contributed by atoms with Crippen molar-refractivity contribution in [2.24, 2.45) is 5.92 Å². The lowest BCUT2D eigenvalue weighted by Gasteiger charge is -2.23. The summed E-state index contributed by atoms with van der Waals surface area (Å²) >= 11 is 0. The summed E-state index contributed by atoms with van der Waals surface area (Å²) in [5.41, 5.74) is 0. The maximum Gasteiger partial charge on any atom is 0.373 e. The zero-order chi connectivity index (χ0) is 14.4. The number of hydrogen-bond donors (Lipinski definition) is 1. The van der Waals surface area contributed by atoms with Crippen molar-refractivity contribution < 1.29 is 13.9 Å². The van der Waals surface area contributed by atoms with Crippen molar-refractivity contribution >= 4 is 5.97 Å². The van der Waals surface area contributed by atoms with E-state index in [0.717, 1.165) is 18.1 Å². The summed E-state index contributed by atoms with van der Waals surface area (Å²) in [6.07, 6.45) is 9.15. The Morgan fingerprint density at radius 1 is 1.40 bits per heavy atom. The van der Waals surface area contributed by atoms with Crippen LogP contribution in [0.15, 0.2) is 16.5 Å². The number of carbonyl (C=O) groups excluding carboxylic acids is 1. The molecule has 1 unspecified atom stereocenters. The van der Waals surface area contributed by atoms with Crippen molar-refractivity contribution in [1.29, 1.82) is 0 Å². The fourth-order valence-corrected chi connectivity index (χ4v) is 3.06. The van der Waals surface area contributed by atoms with Crippen LogP contribution in [0.5, 0.6) is 0 Å². The van der Waals surface area contributed by atoms with Gasteiger partial charge in [-0.25, -0.2) is 4.79 Å². The van der Waals surface area contributed by atoms with Crippen LogP contribution >= 0.6 is 0 Å². The molecule has 0 amide bonds. The Bertz CT molecular complexity index is 421. The number of esters is 1. The molecule has 112 valence electrons. The Hall–Kier alpha value is -1.29. The van der Waals surface area contributed by atoms with Crippen LogP contribution in [-0.2, 0) is 4.74 Å². The summed E-state index contributed by atoms with van der Waals surface area (Å²) in [5.74, 6) is 1.54. The van der Waals surface area contributed by atoms with Gasteiger partial charge in [-0.15, -0.1) is 0 Å². The van der Waals surface area contributed by atoms with Crippen molar-refractivity contribution in [3.63, 3.8) is 0 Å². The van der Waals surface area contributed by atoms with Crippen molar-refractivity contribution in [3.8, 4) is 0 Å². The summed E-state index contributed by atoms with van der Waals surface area (Å²) in [7, 11) is 3.30. The molecule has 1 fully saturated rings. The summed E-state index contributed by atoms with van der Waals surface area (Å²) in [5, 5.41) is 3.28. The molecule has 0 bridgehead atoms. The molecule has 1 aliphatic carbocycles. The van der Waals surface area contributed by atoms with Crippen LogP contribution in [0.2, 0.25) is 0 Å². The number of rotatable bonds is 6. The number of methoxy groups -OCH3 is 1. The molecule has 1 N–H and O–H groups in total. The maximum absolute atomic E-state index is 11.4. The molecular weight excluding hydrogens is 254 g/mol. The molecule has 1 atom stereocenters. The largest absolute Gasteiger partial charge is 0.463 e. The van der Waals surface area contributed by atoms with Gasteiger partial charge in [-0.2, -0.15) is 0 Å². The van der Waals surface area contributed by atoms with Crippen LogP contribution in [0, 0.1) is 5.92 Å². The fourth-order valence-electron chi connectivity index (χ4n) is 3.06. The van der Waals surface area contributed by atoms with Crippen LogP contribution in [0.4, 0.5) is 0 Å². The van der Waals surface area contributed by atoms with E-state index in [9.17, 15) is 4.79 Å². The van der Waals surface area contributed by atoms with Crippen molar-refractivity contribution in [1.82, 2.24) is 5.32 Å². The SMILES string of the molecule is CNC(CCC1CCCCC1)c1ccc(C(=O)OC)o1. The van der Waals surface area contributed by atoms with Gasteiger partial charge < -0.3 is 14.5 Å². The van der Waals surface area contributed by atoms with E-state index in [1.807, 2.05) is 13.1 Å². The number of carbonyl (C=O) groups is 1. The van der Waals surface area contributed by atoms with Gasteiger partial charge in [0.25, 0.3) is 0 Å². The molecule has 1 aliphatic rings. The standard InChI is InChI=1S/C16H25NO3/c1-17-13(9-8-12-6-4-3-5-7-12)14-10-11-15(20-14)16(18)19-2/h10-13,17H,3-9H2,1-2H3. The van der Waals surface area contributed by atoms with E-state index in [0.29, 0.717) is 0 Å². The van der Waals surface area contributed by atoms with Gasteiger partial charge in [0.1, 0.15) is 5.76 Å². The Morgan fingerprint density at radius 3 is 2.80 bits per heavy atom. The number of hydrogen-bond acceptors (Lipinski definition) is 4. The lowest BCUT2D eigenvalue weighted by atomic mass is 9.85. The summed E-state index contributed by atoms with van der Waals surface area (Å²) < 4.78 is 10.3. The molecular formula is C16H25NO3. The average molecular weight is 279 g/mol. The van der Waals surface area contributed by atoms with Gasteiger partial charge in [0.15, 0.2) is 0 Å². The zero-order valence-corrected chi connectivity index (χ0v) is 12.5. The van der Waals surface area contributed by atoms with Gasteiger partial charge in [-0.05, 0) is 37.9 Å². The second-order valence-electron chi connectivity index (χ2n) is 5.62. The minimum atomic E-state index is -0.418. The molecule has 2 rings (SSSR count). The number of nitrogens with one attached hydrogen (secondary N) is 1. The van der Waals surface area contributed by atoms with E-state index >= 15 is 0 Å². The third kappa shape index (κ3) is 3.85. The molecule has 1 saturated carbocycles. The Balaban J connectivity index is 1.90. The van der Waals surface area contributed by atoms with Gasteiger partial charge in [-0.3, -0.25) is 0 Å². The quantitative estimate of drug-likeness (QED) is 0.807. The van der Waals surface area contributed by atoms with E-state index < -0.39 is 5.97 Å².